The highest BCUT2D eigenvalue weighted by atomic mass is 35.7. The highest BCUT2D eigenvalue weighted by Crippen LogP contribution is 2.31. The van der Waals surface area contributed by atoms with Crippen LogP contribution in [-0.2, 0) is 0 Å². The molecule has 0 fully saturated rings. The fourth-order valence-corrected chi connectivity index (χ4v) is 1.70. The van der Waals surface area contributed by atoms with E-state index in [9.17, 15) is 14.5 Å². The number of hydrogen-bond acceptors (Lipinski definition) is 3. The van der Waals surface area contributed by atoms with Crippen molar-refractivity contribution in [3.63, 3.8) is 0 Å². The summed E-state index contributed by atoms with van der Waals surface area (Å²) in [6.07, 6.45) is 0. The summed E-state index contributed by atoms with van der Waals surface area (Å²) >= 11 is 0. The van der Waals surface area contributed by atoms with Gasteiger partial charge in [-0.2, -0.15) is 4.39 Å². The van der Waals surface area contributed by atoms with Gasteiger partial charge in [-0.3, -0.25) is 10.1 Å². The van der Waals surface area contributed by atoms with Crippen LogP contribution in [0.4, 0.5) is 10.1 Å². The third-order valence-electron chi connectivity index (χ3n) is 1.52. The Balaban J connectivity index is 3.30. The molecule has 0 aromatic heterocycles. The third kappa shape index (κ3) is 2.10. The molecule has 0 atom stereocenters. The van der Waals surface area contributed by atoms with Crippen LogP contribution < -0.4 is 0 Å². The van der Waals surface area contributed by atoms with Crippen LogP contribution in [0.3, 0.4) is 0 Å². The standard InChI is InChI=1S/C7H5ClFNO2S/c1-4-2-5(9)6(10(11)12)3-7(4)13-8/h2-3H,1H3. The average Bonchev–Trinajstić information content (AvgIpc) is 2.03. The maximum atomic E-state index is 12.9. The maximum Gasteiger partial charge on any atom is 0.305 e. The van der Waals surface area contributed by atoms with E-state index in [1.807, 2.05) is 0 Å². The molecule has 1 aromatic carbocycles. The predicted molar refractivity (Wildman–Crippen MR) is 49.5 cm³/mol. The van der Waals surface area contributed by atoms with E-state index < -0.39 is 16.4 Å². The molecule has 0 aliphatic heterocycles. The van der Waals surface area contributed by atoms with Crippen LogP contribution in [0, 0.1) is 22.9 Å². The largest absolute Gasteiger partial charge is 0.305 e. The van der Waals surface area contributed by atoms with Gasteiger partial charge in [-0.15, -0.1) is 0 Å². The Morgan fingerprint density at radius 1 is 1.62 bits per heavy atom. The van der Waals surface area contributed by atoms with Crippen molar-refractivity contribution < 1.29 is 9.31 Å². The summed E-state index contributed by atoms with van der Waals surface area (Å²) in [5.74, 6) is -0.836. The number of hydrogen-bond donors (Lipinski definition) is 0. The molecule has 0 N–H and O–H groups in total. The van der Waals surface area contributed by atoms with Gasteiger partial charge in [-0.05, 0) is 40.2 Å². The first kappa shape index (κ1) is 10.3. The van der Waals surface area contributed by atoms with Crippen molar-refractivity contribution in [2.45, 2.75) is 11.8 Å². The van der Waals surface area contributed by atoms with E-state index in [0.29, 0.717) is 10.5 Å². The van der Waals surface area contributed by atoms with Gasteiger partial charge in [0.05, 0.1) is 4.92 Å². The van der Waals surface area contributed by atoms with Gasteiger partial charge in [0.15, 0.2) is 0 Å². The minimum atomic E-state index is -0.836. The number of benzene rings is 1. The van der Waals surface area contributed by atoms with Crippen molar-refractivity contribution in [2.24, 2.45) is 0 Å². The minimum Gasteiger partial charge on any atom is -0.258 e. The summed E-state index contributed by atoms with van der Waals surface area (Å²) in [6.45, 7) is 1.64. The van der Waals surface area contributed by atoms with Crippen LogP contribution in [0.2, 0.25) is 0 Å². The van der Waals surface area contributed by atoms with Gasteiger partial charge >= 0.3 is 5.69 Å². The number of nitro benzene ring substituents is 1. The fraction of sp³-hybridized carbons (Fsp3) is 0.143. The monoisotopic (exact) mass is 221 g/mol. The second-order valence-corrected chi connectivity index (χ2v) is 3.46. The van der Waals surface area contributed by atoms with Crippen molar-refractivity contribution >= 4 is 27.3 Å². The number of rotatable bonds is 2. The molecule has 0 saturated heterocycles. The second kappa shape index (κ2) is 3.93. The van der Waals surface area contributed by atoms with Crippen molar-refractivity contribution in [3.05, 3.63) is 33.6 Å². The molecule has 0 aliphatic carbocycles. The van der Waals surface area contributed by atoms with Crippen molar-refractivity contribution in [2.75, 3.05) is 0 Å². The van der Waals surface area contributed by atoms with E-state index in [2.05, 4.69) is 0 Å². The van der Waals surface area contributed by atoms with E-state index in [0.717, 1.165) is 23.1 Å². The van der Waals surface area contributed by atoms with E-state index in [-0.39, 0.29) is 0 Å². The lowest BCUT2D eigenvalue weighted by atomic mass is 10.2. The zero-order chi connectivity index (χ0) is 10.0. The highest BCUT2D eigenvalue weighted by molar-refractivity contribution is 8.21. The second-order valence-electron chi connectivity index (χ2n) is 2.40. The van der Waals surface area contributed by atoms with Crippen molar-refractivity contribution in [1.29, 1.82) is 0 Å². The normalized spacial score (nSPS) is 10.1. The van der Waals surface area contributed by atoms with Crippen LogP contribution in [0.5, 0.6) is 0 Å². The van der Waals surface area contributed by atoms with Gasteiger partial charge in [0.25, 0.3) is 0 Å². The molecule has 13 heavy (non-hydrogen) atoms. The average molecular weight is 222 g/mol. The third-order valence-corrected chi connectivity index (χ3v) is 2.63. The van der Waals surface area contributed by atoms with Gasteiger partial charge in [-0.1, -0.05) is 0 Å². The fourth-order valence-electron chi connectivity index (χ4n) is 0.865. The van der Waals surface area contributed by atoms with E-state index >= 15 is 0 Å². The number of nitro groups is 1. The highest BCUT2D eigenvalue weighted by Gasteiger charge is 2.16. The molecule has 0 saturated carbocycles. The maximum absolute atomic E-state index is 12.9. The lowest BCUT2D eigenvalue weighted by Crippen LogP contribution is -1.93. The molecule has 0 spiro atoms. The van der Waals surface area contributed by atoms with Crippen molar-refractivity contribution in [3.8, 4) is 0 Å². The van der Waals surface area contributed by atoms with Crippen LogP contribution >= 0.6 is 21.7 Å². The molecular weight excluding hydrogens is 217 g/mol. The summed E-state index contributed by atoms with van der Waals surface area (Å²) in [4.78, 5) is 10.0. The lowest BCUT2D eigenvalue weighted by molar-refractivity contribution is -0.387. The molecular formula is C7H5ClFNO2S. The van der Waals surface area contributed by atoms with Crippen LogP contribution in [0.15, 0.2) is 17.0 Å². The Bertz CT molecular complexity index is 359. The van der Waals surface area contributed by atoms with Crippen molar-refractivity contribution in [1.82, 2.24) is 0 Å². The Kier molecular flexibility index (Phi) is 3.11. The van der Waals surface area contributed by atoms with Crippen LogP contribution in [0.1, 0.15) is 5.56 Å². The smallest absolute Gasteiger partial charge is 0.258 e. The zero-order valence-corrected chi connectivity index (χ0v) is 8.16. The Labute approximate surface area is 82.5 Å². The molecule has 1 aromatic rings. The summed E-state index contributed by atoms with van der Waals surface area (Å²) in [5, 5.41) is 10.3. The molecule has 6 heteroatoms. The molecule has 0 amide bonds. The first-order valence-corrected chi connectivity index (χ1v) is 4.93. The molecule has 3 nitrogen and oxygen atoms in total. The molecule has 1 rings (SSSR count). The number of nitrogens with zero attached hydrogens (tertiary/aromatic N) is 1. The SMILES string of the molecule is Cc1cc(F)c([N+](=O)[O-])cc1SCl. The first-order valence-electron chi connectivity index (χ1n) is 3.29. The van der Waals surface area contributed by atoms with E-state index in [1.165, 1.54) is 0 Å². The van der Waals surface area contributed by atoms with Crippen LogP contribution in [0.25, 0.3) is 0 Å². The Hall–Kier alpha value is -0.810. The summed E-state index contributed by atoms with van der Waals surface area (Å²) in [5.41, 5.74) is 0.0388. The molecule has 70 valence electrons. The lowest BCUT2D eigenvalue weighted by Gasteiger charge is -2.00. The van der Waals surface area contributed by atoms with E-state index in [1.54, 1.807) is 6.92 Å². The molecule has 0 bridgehead atoms. The number of halogens is 2. The predicted octanol–water partition coefficient (Wildman–Crippen LogP) is 3.29. The molecule has 0 heterocycles. The molecule has 0 aliphatic rings. The van der Waals surface area contributed by atoms with Gasteiger partial charge in [0, 0.05) is 11.0 Å². The minimum absolute atomic E-state index is 0.495. The summed E-state index contributed by atoms with van der Waals surface area (Å²) < 4.78 is 12.9. The Morgan fingerprint density at radius 3 is 2.69 bits per heavy atom. The quantitative estimate of drug-likeness (QED) is 0.569. The van der Waals surface area contributed by atoms with Crippen LogP contribution in [-0.4, -0.2) is 4.92 Å². The number of aryl methyl sites for hydroxylation is 1. The van der Waals surface area contributed by atoms with Gasteiger partial charge in [-0.25, -0.2) is 0 Å². The van der Waals surface area contributed by atoms with Gasteiger partial charge in [0.2, 0.25) is 5.82 Å². The first-order chi connectivity index (χ1) is 6.06. The topological polar surface area (TPSA) is 43.1 Å². The zero-order valence-electron chi connectivity index (χ0n) is 6.58. The van der Waals surface area contributed by atoms with Gasteiger partial charge in [0.1, 0.15) is 0 Å². The molecule has 0 radical (unpaired) electrons. The van der Waals surface area contributed by atoms with Gasteiger partial charge < -0.3 is 0 Å². The van der Waals surface area contributed by atoms with E-state index in [4.69, 9.17) is 10.7 Å². The Morgan fingerprint density at radius 2 is 2.23 bits per heavy atom. The summed E-state index contributed by atoms with van der Waals surface area (Å²) in [7, 11) is 6.27. The molecule has 0 unspecified atom stereocenters. The summed E-state index contributed by atoms with van der Waals surface area (Å²) in [6, 6.07) is 2.23.